The van der Waals surface area contributed by atoms with Gasteiger partial charge in [-0.3, -0.25) is 0 Å². The van der Waals surface area contributed by atoms with E-state index in [4.69, 9.17) is 16.0 Å². The summed E-state index contributed by atoms with van der Waals surface area (Å²) in [4.78, 5) is 11.9. The van der Waals surface area contributed by atoms with Crippen LogP contribution in [0.3, 0.4) is 0 Å². The zero-order valence-electron chi connectivity index (χ0n) is 10.9. The number of benzene rings is 2. The molecule has 3 nitrogen and oxygen atoms in total. The van der Waals surface area contributed by atoms with Crippen LogP contribution in [0.25, 0.3) is 11.0 Å². The molecule has 0 atom stereocenters. The number of halogens is 2. The quantitative estimate of drug-likeness (QED) is 0.677. The van der Waals surface area contributed by atoms with Crippen LogP contribution in [0.15, 0.2) is 62.2 Å². The SMILES string of the molecule is O=c1oc2ccccc2cc1NCc1ccc(Br)cc1Cl. The van der Waals surface area contributed by atoms with Gasteiger partial charge in [-0.25, -0.2) is 4.79 Å². The fourth-order valence-electron chi connectivity index (χ4n) is 2.04. The second-order valence-corrected chi connectivity index (χ2v) is 5.90. The smallest absolute Gasteiger partial charge is 0.359 e. The van der Waals surface area contributed by atoms with Crippen LogP contribution in [0.1, 0.15) is 5.56 Å². The van der Waals surface area contributed by atoms with Crippen molar-refractivity contribution in [3.63, 3.8) is 0 Å². The second kappa shape index (κ2) is 5.92. The Morgan fingerprint density at radius 3 is 2.76 bits per heavy atom. The standard InChI is InChI=1S/C16H11BrClNO2/c17-12-6-5-11(13(18)8-12)9-19-14-7-10-3-1-2-4-15(10)21-16(14)20/h1-8,19H,9H2. The first-order chi connectivity index (χ1) is 10.1. The Balaban J connectivity index is 1.88. The minimum atomic E-state index is -0.387. The third kappa shape index (κ3) is 3.12. The Morgan fingerprint density at radius 1 is 1.14 bits per heavy atom. The number of hydrogen-bond donors (Lipinski definition) is 1. The molecule has 1 N–H and O–H groups in total. The first-order valence-corrected chi connectivity index (χ1v) is 7.51. The third-order valence-corrected chi connectivity index (χ3v) is 3.97. The maximum atomic E-state index is 11.9. The van der Waals surface area contributed by atoms with Gasteiger partial charge in [0.2, 0.25) is 0 Å². The molecular weight excluding hydrogens is 354 g/mol. The molecule has 21 heavy (non-hydrogen) atoms. The lowest BCUT2D eigenvalue weighted by atomic mass is 10.2. The number of para-hydroxylation sites is 1. The average molecular weight is 365 g/mol. The summed E-state index contributed by atoms with van der Waals surface area (Å²) >= 11 is 9.52. The van der Waals surface area contributed by atoms with Crippen LogP contribution >= 0.6 is 27.5 Å². The van der Waals surface area contributed by atoms with E-state index < -0.39 is 0 Å². The maximum Gasteiger partial charge on any atom is 0.359 e. The topological polar surface area (TPSA) is 42.2 Å². The third-order valence-electron chi connectivity index (χ3n) is 3.13. The number of nitrogens with one attached hydrogen (secondary N) is 1. The summed E-state index contributed by atoms with van der Waals surface area (Å²) in [5, 5.41) is 4.59. The van der Waals surface area contributed by atoms with Gasteiger partial charge in [-0.15, -0.1) is 0 Å². The summed E-state index contributed by atoms with van der Waals surface area (Å²) in [5.74, 6) is 0. The highest BCUT2D eigenvalue weighted by Gasteiger charge is 2.06. The molecule has 106 valence electrons. The molecule has 0 fully saturated rings. The number of fused-ring (bicyclic) bond motifs is 1. The van der Waals surface area contributed by atoms with Gasteiger partial charge in [-0.05, 0) is 29.8 Å². The summed E-state index contributed by atoms with van der Waals surface area (Å²) in [5.41, 5.74) is 1.52. The molecule has 0 spiro atoms. The summed E-state index contributed by atoms with van der Waals surface area (Å²) in [7, 11) is 0. The Labute approximate surface area is 134 Å². The molecule has 0 aliphatic rings. The number of hydrogen-bond acceptors (Lipinski definition) is 3. The van der Waals surface area contributed by atoms with E-state index >= 15 is 0 Å². The Morgan fingerprint density at radius 2 is 1.95 bits per heavy atom. The fourth-order valence-corrected chi connectivity index (χ4v) is 2.78. The van der Waals surface area contributed by atoms with Crippen LogP contribution in [0.2, 0.25) is 5.02 Å². The van der Waals surface area contributed by atoms with Crippen molar-refractivity contribution < 1.29 is 4.42 Å². The van der Waals surface area contributed by atoms with Crippen LogP contribution in [0.4, 0.5) is 5.69 Å². The number of rotatable bonds is 3. The average Bonchev–Trinajstić information content (AvgIpc) is 2.46. The largest absolute Gasteiger partial charge is 0.421 e. The zero-order valence-corrected chi connectivity index (χ0v) is 13.2. The highest BCUT2D eigenvalue weighted by atomic mass is 79.9. The van der Waals surface area contributed by atoms with Crippen molar-refractivity contribution in [3.8, 4) is 0 Å². The van der Waals surface area contributed by atoms with Crippen molar-refractivity contribution in [2.24, 2.45) is 0 Å². The van der Waals surface area contributed by atoms with Crippen LogP contribution in [-0.2, 0) is 6.54 Å². The van der Waals surface area contributed by atoms with E-state index in [0.29, 0.717) is 22.8 Å². The van der Waals surface area contributed by atoms with E-state index in [2.05, 4.69) is 21.2 Å². The van der Waals surface area contributed by atoms with Crippen molar-refractivity contribution >= 4 is 44.2 Å². The normalized spacial score (nSPS) is 10.8. The molecule has 1 aromatic heterocycles. The van der Waals surface area contributed by atoms with Crippen LogP contribution in [0.5, 0.6) is 0 Å². The Kier molecular flexibility index (Phi) is 3.99. The molecule has 0 amide bonds. The molecule has 3 aromatic rings. The van der Waals surface area contributed by atoms with Gasteiger partial charge < -0.3 is 9.73 Å². The van der Waals surface area contributed by atoms with E-state index in [1.165, 1.54) is 0 Å². The summed E-state index contributed by atoms with van der Waals surface area (Å²) in [6.45, 7) is 0.454. The zero-order chi connectivity index (χ0) is 14.8. The van der Waals surface area contributed by atoms with Gasteiger partial charge >= 0.3 is 5.63 Å². The first-order valence-electron chi connectivity index (χ1n) is 6.34. The van der Waals surface area contributed by atoms with Crippen molar-refractivity contribution in [1.29, 1.82) is 0 Å². The molecule has 5 heteroatoms. The second-order valence-electron chi connectivity index (χ2n) is 4.57. The lowest BCUT2D eigenvalue weighted by Crippen LogP contribution is -2.10. The van der Waals surface area contributed by atoms with Gasteiger partial charge in [-0.1, -0.05) is 51.8 Å². The summed E-state index contributed by atoms with van der Waals surface area (Å²) < 4.78 is 6.19. The predicted molar refractivity (Wildman–Crippen MR) is 89.0 cm³/mol. The van der Waals surface area contributed by atoms with Crippen LogP contribution in [-0.4, -0.2) is 0 Å². The molecule has 0 aliphatic heterocycles. The molecule has 2 aromatic carbocycles. The Hall–Kier alpha value is -1.78. The van der Waals surface area contributed by atoms with Crippen molar-refractivity contribution in [3.05, 3.63) is 74.0 Å². The van der Waals surface area contributed by atoms with E-state index in [1.54, 1.807) is 12.1 Å². The number of anilines is 1. The molecule has 0 unspecified atom stereocenters. The Bertz CT molecular complexity index is 860. The molecule has 3 rings (SSSR count). The van der Waals surface area contributed by atoms with Crippen molar-refractivity contribution in [2.45, 2.75) is 6.54 Å². The molecule has 0 saturated carbocycles. The lowest BCUT2D eigenvalue weighted by molar-refractivity contribution is 0.563. The van der Waals surface area contributed by atoms with Crippen LogP contribution < -0.4 is 10.9 Å². The fraction of sp³-hybridized carbons (Fsp3) is 0.0625. The van der Waals surface area contributed by atoms with Gasteiger partial charge in [0.25, 0.3) is 0 Å². The minimum absolute atomic E-state index is 0.387. The van der Waals surface area contributed by atoms with E-state index in [9.17, 15) is 4.79 Å². The van der Waals surface area contributed by atoms with Crippen LogP contribution in [0, 0.1) is 0 Å². The molecule has 0 radical (unpaired) electrons. The molecule has 0 bridgehead atoms. The van der Waals surface area contributed by atoms with Gasteiger partial charge in [-0.2, -0.15) is 0 Å². The van der Waals surface area contributed by atoms with E-state index in [-0.39, 0.29) is 5.63 Å². The summed E-state index contributed by atoms with van der Waals surface area (Å²) in [6.07, 6.45) is 0. The van der Waals surface area contributed by atoms with Gasteiger partial charge in [0.05, 0.1) is 0 Å². The summed E-state index contributed by atoms with van der Waals surface area (Å²) in [6, 6.07) is 14.8. The van der Waals surface area contributed by atoms with Gasteiger partial charge in [0.1, 0.15) is 11.3 Å². The first kappa shape index (κ1) is 14.2. The molecule has 0 aliphatic carbocycles. The monoisotopic (exact) mass is 363 g/mol. The molecule has 1 heterocycles. The maximum absolute atomic E-state index is 11.9. The van der Waals surface area contributed by atoms with Gasteiger partial charge in [0.15, 0.2) is 0 Å². The highest BCUT2D eigenvalue weighted by Crippen LogP contribution is 2.22. The molecular formula is C16H11BrClNO2. The van der Waals surface area contributed by atoms with E-state index in [0.717, 1.165) is 15.4 Å². The van der Waals surface area contributed by atoms with Gasteiger partial charge in [0, 0.05) is 21.4 Å². The minimum Gasteiger partial charge on any atom is -0.421 e. The molecule has 0 saturated heterocycles. The van der Waals surface area contributed by atoms with E-state index in [1.807, 2.05) is 36.4 Å². The highest BCUT2D eigenvalue weighted by molar-refractivity contribution is 9.10. The van der Waals surface area contributed by atoms with Crippen molar-refractivity contribution in [2.75, 3.05) is 5.32 Å². The lowest BCUT2D eigenvalue weighted by Gasteiger charge is -2.08. The van der Waals surface area contributed by atoms with Crippen molar-refractivity contribution in [1.82, 2.24) is 0 Å². The predicted octanol–water partition coefficient (Wildman–Crippen LogP) is 4.82.